The molecule has 2 aromatic carbocycles. The van der Waals surface area contributed by atoms with Crippen molar-refractivity contribution in [3.8, 4) is 0 Å². The van der Waals surface area contributed by atoms with E-state index in [4.69, 9.17) is 4.74 Å². The highest BCUT2D eigenvalue weighted by molar-refractivity contribution is 5.74. The molecular weight excluding hydrogens is 308 g/mol. The van der Waals surface area contributed by atoms with Crippen molar-refractivity contribution in [2.24, 2.45) is 17.3 Å². The van der Waals surface area contributed by atoms with E-state index >= 15 is 0 Å². The molecule has 2 heteroatoms. The quantitative estimate of drug-likeness (QED) is 0.601. The van der Waals surface area contributed by atoms with Gasteiger partial charge in [-0.2, -0.15) is 0 Å². The molecule has 0 bridgehead atoms. The van der Waals surface area contributed by atoms with E-state index in [0.717, 1.165) is 17.5 Å². The fourth-order valence-electron chi connectivity index (χ4n) is 3.06. The van der Waals surface area contributed by atoms with E-state index in [2.05, 4.69) is 34.6 Å². The molecule has 0 saturated carbocycles. The summed E-state index contributed by atoms with van der Waals surface area (Å²) in [7, 11) is 0. The lowest BCUT2D eigenvalue weighted by molar-refractivity contribution is -0.157. The van der Waals surface area contributed by atoms with Crippen LogP contribution in [0.5, 0.6) is 0 Å². The summed E-state index contributed by atoms with van der Waals surface area (Å²) >= 11 is 0. The Balaban J connectivity index is 2.31. The van der Waals surface area contributed by atoms with Crippen molar-refractivity contribution in [1.82, 2.24) is 0 Å². The lowest BCUT2D eigenvalue weighted by Gasteiger charge is -2.32. The topological polar surface area (TPSA) is 26.3 Å². The van der Waals surface area contributed by atoms with Gasteiger partial charge in [-0.1, -0.05) is 95.3 Å². The van der Waals surface area contributed by atoms with Crippen LogP contribution < -0.4 is 0 Å². The normalized spacial score (nSPS) is 13.1. The zero-order valence-electron chi connectivity index (χ0n) is 16.0. The number of ether oxygens (including phenoxy) is 1. The van der Waals surface area contributed by atoms with Crippen LogP contribution in [0.2, 0.25) is 0 Å². The minimum absolute atomic E-state index is 0.112. The van der Waals surface area contributed by atoms with Gasteiger partial charge in [-0.3, -0.25) is 4.79 Å². The molecule has 2 nitrogen and oxygen atoms in total. The Morgan fingerprint density at radius 3 is 1.68 bits per heavy atom. The molecule has 0 heterocycles. The predicted molar refractivity (Wildman–Crippen MR) is 103 cm³/mol. The van der Waals surface area contributed by atoms with Crippen molar-refractivity contribution in [3.63, 3.8) is 0 Å². The van der Waals surface area contributed by atoms with Crippen LogP contribution in [0.1, 0.15) is 58.3 Å². The first-order chi connectivity index (χ1) is 11.8. The fourth-order valence-corrected chi connectivity index (χ4v) is 3.06. The molecule has 0 aliphatic heterocycles. The average molecular weight is 338 g/mol. The maximum absolute atomic E-state index is 13.1. The molecule has 0 saturated heterocycles. The minimum atomic E-state index is -0.369. The fraction of sp³-hybridized carbons (Fsp3) is 0.435. The summed E-state index contributed by atoms with van der Waals surface area (Å²) in [4.78, 5) is 13.1. The molecular formula is C23H30O2. The molecule has 0 amide bonds. The summed E-state index contributed by atoms with van der Waals surface area (Å²) in [5.41, 5.74) is 1.87. The zero-order chi connectivity index (χ0) is 18.4. The summed E-state index contributed by atoms with van der Waals surface area (Å²) < 4.78 is 6.07. The molecule has 25 heavy (non-hydrogen) atoms. The van der Waals surface area contributed by atoms with Crippen LogP contribution in [0.3, 0.4) is 0 Å². The van der Waals surface area contributed by atoms with E-state index in [1.54, 1.807) is 0 Å². The van der Waals surface area contributed by atoms with Crippen LogP contribution in [0.15, 0.2) is 60.7 Å². The van der Waals surface area contributed by atoms with Crippen LogP contribution in [0.25, 0.3) is 0 Å². The van der Waals surface area contributed by atoms with Crippen LogP contribution in [-0.4, -0.2) is 5.97 Å². The third-order valence-corrected chi connectivity index (χ3v) is 4.48. The lowest BCUT2D eigenvalue weighted by atomic mass is 9.76. The van der Waals surface area contributed by atoms with E-state index in [1.807, 2.05) is 60.7 Å². The highest BCUT2D eigenvalue weighted by Gasteiger charge is 2.34. The standard InChI is InChI=1S/C23H30O2/c1-17(2)16-20(23(3,4)5)22(24)25-21(18-12-8-6-9-13-18)19-14-10-7-11-15-19/h6-15,17,20-21H,16H2,1-5H3. The van der Waals surface area contributed by atoms with Crippen molar-refractivity contribution in [1.29, 1.82) is 0 Å². The number of carbonyl (C=O) groups is 1. The molecule has 0 aliphatic carbocycles. The predicted octanol–water partition coefficient (Wildman–Crippen LogP) is 6.03. The number of rotatable bonds is 6. The molecule has 0 spiro atoms. The van der Waals surface area contributed by atoms with Crippen LogP contribution in [-0.2, 0) is 9.53 Å². The molecule has 134 valence electrons. The Bertz CT molecular complexity index is 614. The number of esters is 1. The van der Waals surface area contributed by atoms with Gasteiger partial charge in [0.15, 0.2) is 6.10 Å². The van der Waals surface area contributed by atoms with Gasteiger partial charge in [-0.15, -0.1) is 0 Å². The Hall–Kier alpha value is -2.09. The molecule has 1 atom stereocenters. The first-order valence-corrected chi connectivity index (χ1v) is 9.09. The third kappa shape index (κ3) is 5.45. The van der Waals surface area contributed by atoms with Gasteiger partial charge in [0.1, 0.15) is 0 Å². The maximum Gasteiger partial charge on any atom is 0.310 e. The van der Waals surface area contributed by atoms with E-state index in [9.17, 15) is 4.79 Å². The molecule has 2 aromatic rings. The monoisotopic (exact) mass is 338 g/mol. The Labute approximate surface area is 152 Å². The van der Waals surface area contributed by atoms with Gasteiger partial charge in [-0.05, 0) is 28.9 Å². The smallest absolute Gasteiger partial charge is 0.310 e. The van der Waals surface area contributed by atoms with Gasteiger partial charge in [0.2, 0.25) is 0 Å². The highest BCUT2D eigenvalue weighted by atomic mass is 16.5. The van der Waals surface area contributed by atoms with Gasteiger partial charge < -0.3 is 4.74 Å². The zero-order valence-corrected chi connectivity index (χ0v) is 16.0. The van der Waals surface area contributed by atoms with Crippen molar-refractivity contribution >= 4 is 5.97 Å². The van der Waals surface area contributed by atoms with E-state index in [1.165, 1.54) is 0 Å². The van der Waals surface area contributed by atoms with E-state index < -0.39 is 0 Å². The Kier molecular flexibility index (Phi) is 6.41. The van der Waals surface area contributed by atoms with Gasteiger partial charge in [-0.25, -0.2) is 0 Å². The summed E-state index contributed by atoms with van der Waals surface area (Å²) in [5.74, 6) is 0.213. The third-order valence-electron chi connectivity index (χ3n) is 4.48. The second-order valence-corrected chi connectivity index (χ2v) is 8.19. The molecule has 0 N–H and O–H groups in total. The molecule has 1 unspecified atom stereocenters. The molecule has 0 fully saturated rings. The van der Waals surface area contributed by atoms with Gasteiger partial charge in [0.25, 0.3) is 0 Å². The highest BCUT2D eigenvalue weighted by Crippen LogP contribution is 2.35. The Morgan fingerprint density at radius 1 is 0.880 bits per heavy atom. The first-order valence-electron chi connectivity index (χ1n) is 9.09. The number of benzene rings is 2. The number of hydrogen-bond acceptors (Lipinski definition) is 2. The molecule has 0 aliphatic rings. The lowest BCUT2D eigenvalue weighted by Crippen LogP contribution is -2.32. The number of carbonyl (C=O) groups excluding carboxylic acids is 1. The summed E-state index contributed by atoms with van der Waals surface area (Å²) in [6.45, 7) is 10.6. The van der Waals surface area contributed by atoms with Gasteiger partial charge >= 0.3 is 5.97 Å². The second kappa shape index (κ2) is 8.33. The van der Waals surface area contributed by atoms with Crippen LogP contribution in [0, 0.1) is 17.3 Å². The molecule has 2 rings (SSSR count). The van der Waals surface area contributed by atoms with Gasteiger partial charge in [0.05, 0.1) is 5.92 Å². The van der Waals surface area contributed by atoms with Crippen LogP contribution >= 0.6 is 0 Å². The van der Waals surface area contributed by atoms with Crippen molar-refractivity contribution < 1.29 is 9.53 Å². The largest absolute Gasteiger partial charge is 0.452 e. The SMILES string of the molecule is CC(C)CC(C(=O)OC(c1ccccc1)c1ccccc1)C(C)(C)C. The van der Waals surface area contributed by atoms with Gasteiger partial charge in [0, 0.05) is 0 Å². The van der Waals surface area contributed by atoms with Crippen molar-refractivity contribution in [2.45, 2.75) is 47.1 Å². The summed E-state index contributed by atoms with van der Waals surface area (Å²) in [5, 5.41) is 0. The Morgan fingerprint density at radius 2 is 1.32 bits per heavy atom. The minimum Gasteiger partial charge on any atom is -0.452 e. The average Bonchev–Trinajstić information content (AvgIpc) is 2.58. The maximum atomic E-state index is 13.1. The van der Waals surface area contributed by atoms with E-state index in [-0.39, 0.29) is 23.4 Å². The summed E-state index contributed by atoms with van der Waals surface area (Å²) in [6.07, 6.45) is 0.463. The summed E-state index contributed by atoms with van der Waals surface area (Å²) in [6, 6.07) is 19.9. The molecule has 0 aromatic heterocycles. The van der Waals surface area contributed by atoms with Crippen molar-refractivity contribution in [2.75, 3.05) is 0 Å². The first kappa shape index (κ1) is 19.2. The van der Waals surface area contributed by atoms with Crippen LogP contribution in [0.4, 0.5) is 0 Å². The molecule has 0 radical (unpaired) electrons. The van der Waals surface area contributed by atoms with E-state index in [0.29, 0.717) is 5.92 Å². The number of hydrogen-bond donors (Lipinski definition) is 0. The second-order valence-electron chi connectivity index (χ2n) is 8.19. The van der Waals surface area contributed by atoms with Crippen molar-refractivity contribution in [3.05, 3.63) is 71.8 Å².